The Morgan fingerprint density at radius 2 is 2.06 bits per heavy atom. The number of nitrogens with zero attached hydrogens (tertiary/aromatic N) is 3. The van der Waals surface area contributed by atoms with Crippen molar-refractivity contribution in [3.05, 3.63) is 80.6 Å². The number of nitrogens with one attached hydrogen (secondary N) is 1. The van der Waals surface area contributed by atoms with E-state index in [0.29, 0.717) is 45.8 Å². The molecule has 7 nitrogen and oxygen atoms in total. The molecule has 9 heteroatoms. The molecule has 5 rings (SSSR count). The molecule has 35 heavy (non-hydrogen) atoms. The molecule has 2 aliphatic heterocycles. The van der Waals surface area contributed by atoms with Gasteiger partial charge in [-0.15, -0.1) is 0 Å². The van der Waals surface area contributed by atoms with E-state index < -0.39 is 0 Å². The van der Waals surface area contributed by atoms with E-state index in [1.54, 1.807) is 17.2 Å². The largest absolute Gasteiger partial charge is 0.376 e. The monoisotopic (exact) mass is 506 g/mol. The highest BCUT2D eigenvalue weighted by molar-refractivity contribution is 8.26. The van der Waals surface area contributed by atoms with Gasteiger partial charge >= 0.3 is 0 Å². The van der Waals surface area contributed by atoms with Gasteiger partial charge < -0.3 is 10.1 Å². The second-order valence-electron chi connectivity index (χ2n) is 8.70. The highest BCUT2D eigenvalue weighted by atomic mass is 32.2. The molecule has 180 valence electrons. The van der Waals surface area contributed by atoms with Gasteiger partial charge in [0.05, 0.1) is 16.6 Å². The zero-order valence-corrected chi connectivity index (χ0v) is 21.0. The van der Waals surface area contributed by atoms with Crippen LogP contribution in [0.3, 0.4) is 0 Å². The first kappa shape index (κ1) is 23.7. The van der Waals surface area contributed by atoms with Crippen LogP contribution in [0.2, 0.25) is 0 Å². The first-order valence-electron chi connectivity index (χ1n) is 11.7. The number of anilines is 1. The fraction of sp³-hybridized carbons (Fsp3) is 0.308. The Balaban J connectivity index is 1.46. The fourth-order valence-corrected chi connectivity index (χ4v) is 5.54. The van der Waals surface area contributed by atoms with Crippen LogP contribution in [0, 0.1) is 6.92 Å². The Bertz CT molecular complexity index is 1360. The normalized spacial score (nSPS) is 19.3. The standard InChI is InChI=1S/C26H26N4O3S2/c1-17-9-10-22-28-23(27-15-19-8-5-13-33-19)20(24(31)30(22)16-17)14-21-25(32)29(26(34)35-21)12-11-18-6-3-2-4-7-18/h2-4,6-7,9-10,14,16,19,27H,5,8,11-13,15H2,1H3. The maximum absolute atomic E-state index is 13.5. The summed E-state index contributed by atoms with van der Waals surface area (Å²) in [6.45, 7) is 3.71. The number of thiocarbonyl (C=S) groups is 1. The van der Waals surface area contributed by atoms with Gasteiger partial charge in [0, 0.05) is 25.9 Å². The number of carbonyl (C=O) groups is 1. The Morgan fingerprint density at radius 3 is 2.83 bits per heavy atom. The zero-order valence-electron chi connectivity index (χ0n) is 19.4. The van der Waals surface area contributed by atoms with Gasteiger partial charge in [0.2, 0.25) is 0 Å². The molecule has 0 aliphatic carbocycles. The van der Waals surface area contributed by atoms with Crippen molar-refractivity contribution >= 4 is 51.7 Å². The molecule has 0 saturated carbocycles. The molecular weight excluding hydrogens is 480 g/mol. The molecule has 2 aromatic heterocycles. The van der Waals surface area contributed by atoms with Crippen LogP contribution in [-0.2, 0) is 16.0 Å². The molecule has 2 saturated heterocycles. The minimum Gasteiger partial charge on any atom is -0.376 e. The Morgan fingerprint density at radius 1 is 1.23 bits per heavy atom. The number of thioether (sulfide) groups is 1. The molecule has 1 atom stereocenters. The van der Waals surface area contributed by atoms with Crippen molar-refractivity contribution in [1.29, 1.82) is 0 Å². The summed E-state index contributed by atoms with van der Waals surface area (Å²) >= 11 is 6.73. The van der Waals surface area contributed by atoms with E-state index in [2.05, 4.69) is 5.32 Å². The van der Waals surface area contributed by atoms with Gasteiger partial charge in [-0.05, 0) is 49.5 Å². The van der Waals surface area contributed by atoms with E-state index in [0.717, 1.165) is 30.6 Å². The van der Waals surface area contributed by atoms with Crippen LogP contribution < -0.4 is 10.9 Å². The van der Waals surface area contributed by atoms with E-state index in [-0.39, 0.29) is 17.6 Å². The highest BCUT2D eigenvalue weighted by Crippen LogP contribution is 2.33. The smallest absolute Gasteiger partial charge is 0.267 e. The number of rotatable bonds is 7. The molecule has 1 aromatic carbocycles. The highest BCUT2D eigenvalue weighted by Gasteiger charge is 2.32. The number of hydrogen-bond acceptors (Lipinski definition) is 7. The van der Waals surface area contributed by atoms with Crippen molar-refractivity contribution in [2.45, 2.75) is 32.3 Å². The lowest BCUT2D eigenvalue weighted by molar-refractivity contribution is -0.122. The summed E-state index contributed by atoms with van der Waals surface area (Å²) in [5.74, 6) is 0.263. The predicted molar refractivity (Wildman–Crippen MR) is 144 cm³/mol. The van der Waals surface area contributed by atoms with E-state index in [9.17, 15) is 9.59 Å². The quantitative estimate of drug-likeness (QED) is 0.383. The van der Waals surface area contributed by atoms with Crippen LogP contribution >= 0.6 is 24.0 Å². The SMILES string of the molecule is Cc1ccc2nc(NCC3CCCO3)c(C=C3SC(=S)N(CCc4ccccc4)C3=O)c(=O)n2c1. The molecule has 1 amide bonds. The number of fused-ring (bicyclic) bond motifs is 1. The number of aromatic nitrogens is 2. The van der Waals surface area contributed by atoms with Crippen LogP contribution in [0.5, 0.6) is 0 Å². The van der Waals surface area contributed by atoms with Crippen LogP contribution in [0.15, 0.2) is 58.4 Å². The third-order valence-corrected chi connectivity index (χ3v) is 7.52. The summed E-state index contributed by atoms with van der Waals surface area (Å²) < 4.78 is 7.74. The van der Waals surface area contributed by atoms with Crippen molar-refractivity contribution < 1.29 is 9.53 Å². The van der Waals surface area contributed by atoms with Crippen molar-refractivity contribution in [3.8, 4) is 0 Å². The van der Waals surface area contributed by atoms with Gasteiger partial charge in [-0.3, -0.25) is 18.9 Å². The predicted octanol–water partition coefficient (Wildman–Crippen LogP) is 4.04. The van der Waals surface area contributed by atoms with E-state index in [1.165, 1.54) is 16.2 Å². The Labute approximate surface area is 213 Å². The number of benzene rings is 1. The average Bonchev–Trinajstić information content (AvgIpc) is 3.47. The van der Waals surface area contributed by atoms with Gasteiger partial charge in [0.25, 0.3) is 11.5 Å². The average molecular weight is 507 g/mol. The Hall–Kier alpha value is -3.01. The van der Waals surface area contributed by atoms with Gasteiger partial charge in [-0.25, -0.2) is 4.98 Å². The van der Waals surface area contributed by atoms with Crippen LogP contribution in [-0.4, -0.2) is 50.3 Å². The first-order valence-corrected chi connectivity index (χ1v) is 12.9. The lowest BCUT2D eigenvalue weighted by Gasteiger charge is -2.15. The van der Waals surface area contributed by atoms with Crippen LogP contribution in [0.25, 0.3) is 11.7 Å². The van der Waals surface area contributed by atoms with Crippen molar-refractivity contribution in [2.24, 2.45) is 0 Å². The zero-order chi connectivity index (χ0) is 24.4. The minimum atomic E-state index is -0.233. The lowest BCUT2D eigenvalue weighted by atomic mass is 10.1. The summed E-state index contributed by atoms with van der Waals surface area (Å²) in [5.41, 5.74) is 2.74. The maximum atomic E-state index is 13.5. The molecule has 1 unspecified atom stereocenters. The van der Waals surface area contributed by atoms with Crippen LogP contribution in [0.4, 0.5) is 5.82 Å². The van der Waals surface area contributed by atoms with Gasteiger partial charge in [-0.1, -0.05) is 60.4 Å². The summed E-state index contributed by atoms with van der Waals surface area (Å²) in [5, 5.41) is 3.30. The molecule has 0 radical (unpaired) electrons. The van der Waals surface area contributed by atoms with Gasteiger partial charge in [-0.2, -0.15) is 0 Å². The molecule has 3 aromatic rings. The molecule has 2 aliphatic rings. The van der Waals surface area contributed by atoms with Gasteiger partial charge in [0.1, 0.15) is 15.8 Å². The van der Waals surface area contributed by atoms with E-state index in [1.807, 2.05) is 49.4 Å². The Kier molecular flexibility index (Phi) is 6.99. The second-order valence-corrected chi connectivity index (χ2v) is 10.4. The lowest BCUT2D eigenvalue weighted by Crippen LogP contribution is -2.30. The first-order chi connectivity index (χ1) is 17.0. The van der Waals surface area contributed by atoms with E-state index >= 15 is 0 Å². The molecule has 0 spiro atoms. The fourth-order valence-electron chi connectivity index (χ4n) is 4.25. The minimum absolute atomic E-state index is 0.0808. The number of carbonyl (C=O) groups excluding carboxylic acids is 1. The summed E-state index contributed by atoms with van der Waals surface area (Å²) in [6.07, 6.45) is 6.17. The molecule has 1 N–H and O–H groups in total. The summed E-state index contributed by atoms with van der Waals surface area (Å²) in [6, 6.07) is 13.7. The summed E-state index contributed by atoms with van der Waals surface area (Å²) in [4.78, 5) is 33.5. The number of amides is 1. The third-order valence-electron chi connectivity index (χ3n) is 6.14. The number of pyridine rings is 1. The summed E-state index contributed by atoms with van der Waals surface area (Å²) in [7, 11) is 0. The topological polar surface area (TPSA) is 75.9 Å². The van der Waals surface area contributed by atoms with Crippen molar-refractivity contribution in [2.75, 3.05) is 25.0 Å². The molecule has 2 fully saturated rings. The number of hydrogen-bond donors (Lipinski definition) is 1. The molecule has 0 bridgehead atoms. The molecular formula is C26H26N4O3S2. The molecule has 4 heterocycles. The van der Waals surface area contributed by atoms with Gasteiger partial charge in [0.15, 0.2) is 0 Å². The second kappa shape index (κ2) is 10.3. The maximum Gasteiger partial charge on any atom is 0.267 e. The number of aryl methyl sites for hydroxylation is 1. The number of ether oxygens (including phenoxy) is 1. The third kappa shape index (κ3) is 5.17. The van der Waals surface area contributed by atoms with E-state index in [4.69, 9.17) is 21.9 Å². The van der Waals surface area contributed by atoms with Crippen molar-refractivity contribution in [3.63, 3.8) is 0 Å². The van der Waals surface area contributed by atoms with Crippen molar-refractivity contribution in [1.82, 2.24) is 14.3 Å². The van der Waals surface area contributed by atoms with Crippen LogP contribution in [0.1, 0.15) is 29.5 Å².